The number of ether oxygens (including phenoxy) is 3. The van der Waals surface area contributed by atoms with Crippen molar-refractivity contribution in [3.8, 4) is 0 Å². The van der Waals surface area contributed by atoms with Gasteiger partial charge in [0.05, 0.1) is 18.1 Å². The summed E-state index contributed by atoms with van der Waals surface area (Å²) in [6.07, 6.45) is 7.13. The summed E-state index contributed by atoms with van der Waals surface area (Å²) in [5.74, 6) is -3.32. The van der Waals surface area contributed by atoms with Crippen molar-refractivity contribution in [3.63, 3.8) is 0 Å². The lowest BCUT2D eigenvalue weighted by Crippen LogP contribution is -2.55. The van der Waals surface area contributed by atoms with Gasteiger partial charge in [-0.05, 0) is 45.8 Å². The Hall–Kier alpha value is -2.97. The molecule has 7 unspecified atom stereocenters. The fourth-order valence-corrected chi connectivity index (χ4v) is 5.42. The third kappa shape index (κ3) is 3.79. The Morgan fingerprint density at radius 1 is 1.14 bits per heavy atom. The summed E-state index contributed by atoms with van der Waals surface area (Å²) in [6.45, 7) is 10.4. The second-order valence-corrected chi connectivity index (χ2v) is 9.95. The second-order valence-electron chi connectivity index (χ2n) is 9.95. The molecule has 3 heterocycles. The first-order valence-electron chi connectivity index (χ1n) is 12.0. The molecule has 0 saturated carbocycles. The number of carboxylic acids is 1. The summed E-state index contributed by atoms with van der Waals surface area (Å²) in [7, 11) is 0. The molecule has 8 nitrogen and oxygen atoms in total. The number of hydrogen-bond acceptors (Lipinski definition) is 7. The predicted octanol–water partition coefficient (Wildman–Crippen LogP) is 3.18. The zero-order chi connectivity index (χ0) is 25.9. The number of hydrogen-bond donors (Lipinski definition) is 2. The number of rotatable bonds is 5. The summed E-state index contributed by atoms with van der Waals surface area (Å²) in [4.78, 5) is 38.3. The van der Waals surface area contributed by atoms with E-state index in [2.05, 4.69) is 0 Å². The second kappa shape index (κ2) is 8.60. The van der Waals surface area contributed by atoms with Crippen LogP contribution in [0.5, 0.6) is 0 Å². The van der Waals surface area contributed by atoms with Crippen LogP contribution in [0, 0.1) is 11.8 Å². The van der Waals surface area contributed by atoms with Crippen molar-refractivity contribution >= 4 is 17.5 Å². The maximum Gasteiger partial charge on any atom is 0.343 e. The van der Waals surface area contributed by atoms with E-state index in [-0.39, 0.29) is 17.8 Å². The van der Waals surface area contributed by atoms with Crippen LogP contribution in [0.2, 0.25) is 0 Å². The smallest absolute Gasteiger partial charge is 0.343 e. The highest BCUT2D eigenvalue weighted by Crippen LogP contribution is 2.52. The average molecular weight is 485 g/mol. The molecule has 0 aromatic heterocycles. The van der Waals surface area contributed by atoms with Crippen LogP contribution in [-0.2, 0) is 28.6 Å². The first-order chi connectivity index (χ1) is 16.3. The molecule has 2 N–H and O–H groups in total. The van der Waals surface area contributed by atoms with Gasteiger partial charge in [0.2, 0.25) is 5.78 Å². The molecular formula is C27H32O8. The lowest BCUT2D eigenvalue weighted by Gasteiger charge is -2.50. The minimum Gasteiger partial charge on any atom is -0.489 e. The van der Waals surface area contributed by atoms with Crippen LogP contribution in [-0.4, -0.2) is 57.3 Å². The Bertz CT molecular complexity index is 1130. The van der Waals surface area contributed by atoms with Gasteiger partial charge in [0, 0.05) is 17.6 Å². The fraction of sp³-hybridized carbons (Fsp3) is 0.519. The summed E-state index contributed by atoms with van der Waals surface area (Å²) >= 11 is 0. The largest absolute Gasteiger partial charge is 0.489 e. The molecule has 0 spiro atoms. The normalized spacial score (nSPS) is 39.2. The van der Waals surface area contributed by atoms with E-state index in [1.165, 1.54) is 26.0 Å². The maximum atomic E-state index is 13.3. The minimum atomic E-state index is -1.75. The standard InChI is InChI=1S/C27H32O8/c1-7-8-9-10-11-26(5)24(29)20(25(30)31)23(35-26)18-15(4)33-16-12-17(28)27(6,32)21-13(2)14(3)34-22(18)19(16)21/h8-15,18,22,32H,7H2,1-6H3,(H,30,31). The zero-order valence-electron chi connectivity index (χ0n) is 20.8. The van der Waals surface area contributed by atoms with Crippen molar-refractivity contribution < 1.29 is 38.8 Å². The van der Waals surface area contributed by atoms with Gasteiger partial charge in [0.25, 0.3) is 0 Å². The van der Waals surface area contributed by atoms with Crippen molar-refractivity contribution in [1.29, 1.82) is 0 Å². The average Bonchev–Trinajstić information content (AvgIpc) is 3.02. The highest BCUT2D eigenvalue weighted by Gasteiger charge is 2.58. The Balaban J connectivity index is 1.85. The van der Waals surface area contributed by atoms with Gasteiger partial charge in [-0.2, -0.15) is 0 Å². The van der Waals surface area contributed by atoms with E-state index in [0.717, 1.165) is 6.42 Å². The Kier molecular flexibility index (Phi) is 6.18. The number of Topliss-reactive ketones (excluding diaryl/α,β-unsaturated/α-hetero) is 1. The van der Waals surface area contributed by atoms with Crippen molar-refractivity contribution in [2.45, 2.75) is 77.5 Å². The molecule has 0 aromatic rings. The van der Waals surface area contributed by atoms with E-state index in [9.17, 15) is 24.6 Å². The molecule has 1 saturated heterocycles. The van der Waals surface area contributed by atoms with E-state index in [4.69, 9.17) is 14.2 Å². The Labute approximate surface area is 204 Å². The molecule has 0 radical (unpaired) electrons. The minimum absolute atomic E-state index is 0.0178. The third-order valence-corrected chi connectivity index (χ3v) is 7.43. The summed E-state index contributed by atoms with van der Waals surface area (Å²) in [5, 5.41) is 21.1. The Morgan fingerprint density at radius 3 is 2.46 bits per heavy atom. The van der Waals surface area contributed by atoms with Gasteiger partial charge in [-0.1, -0.05) is 32.1 Å². The number of allylic oxidation sites excluding steroid dienone is 3. The summed E-state index contributed by atoms with van der Waals surface area (Å²) in [6, 6.07) is 0. The predicted molar refractivity (Wildman–Crippen MR) is 126 cm³/mol. The van der Waals surface area contributed by atoms with Crippen LogP contribution < -0.4 is 0 Å². The number of aliphatic hydroxyl groups is 1. The molecule has 0 bridgehead atoms. The van der Waals surface area contributed by atoms with Crippen molar-refractivity contribution in [1.82, 2.24) is 0 Å². The molecule has 0 amide bonds. The molecule has 7 atom stereocenters. The van der Waals surface area contributed by atoms with E-state index in [1.807, 2.05) is 26.8 Å². The first kappa shape index (κ1) is 25.1. The lowest BCUT2D eigenvalue weighted by atomic mass is 9.68. The van der Waals surface area contributed by atoms with Gasteiger partial charge in [-0.3, -0.25) is 9.59 Å². The van der Waals surface area contributed by atoms with Gasteiger partial charge < -0.3 is 24.4 Å². The van der Waals surface area contributed by atoms with Crippen LogP contribution in [0.3, 0.4) is 0 Å². The van der Waals surface area contributed by atoms with E-state index < -0.39 is 52.4 Å². The van der Waals surface area contributed by atoms with E-state index >= 15 is 0 Å². The van der Waals surface area contributed by atoms with Crippen LogP contribution in [0.25, 0.3) is 0 Å². The molecule has 3 aliphatic heterocycles. The number of carbonyl (C=O) groups excluding carboxylic acids is 2. The fourth-order valence-electron chi connectivity index (χ4n) is 5.42. The molecular weight excluding hydrogens is 452 g/mol. The van der Waals surface area contributed by atoms with Crippen molar-refractivity contribution in [3.05, 3.63) is 58.6 Å². The lowest BCUT2D eigenvalue weighted by molar-refractivity contribution is -0.138. The topological polar surface area (TPSA) is 119 Å². The van der Waals surface area contributed by atoms with Gasteiger partial charge in [-0.25, -0.2) is 4.79 Å². The Morgan fingerprint density at radius 2 is 1.83 bits per heavy atom. The summed E-state index contributed by atoms with van der Waals surface area (Å²) in [5.41, 5.74) is -2.68. The van der Waals surface area contributed by atoms with Crippen LogP contribution >= 0.6 is 0 Å². The van der Waals surface area contributed by atoms with Crippen LogP contribution in [0.15, 0.2) is 58.6 Å². The number of carboxylic acid groups (broad SMARTS) is 1. The summed E-state index contributed by atoms with van der Waals surface area (Å²) < 4.78 is 18.6. The molecule has 0 aromatic carbocycles. The molecule has 35 heavy (non-hydrogen) atoms. The van der Waals surface area contributed by atoms with Gasteiger partial charge in [-0.15, -0.1) is 0 Å². The van der Waals surface area contributed by atoms with Crippen LogP contribution in [0.1, 0.15) is 48.0 Å². The molecule has 1 aliphatic carbocycles. The van der Waals surface area contributed by atoms with E-state index in [0.29, 0.717) is 16.9 Å². The number of ketones is 2. The monoisotopic (exact) mass is 484 g/mol. The highest BCUT2D eigenvalue weighted by molar-refractivity contribution is 6.22. The van der Waals surface area contributed by atoms with Crippen molar-refractivity contribution in [2.24, 2.45) is 11.8 Å². The molecule has 188 valence electrons. The zero-order valence-corrected chi connectivity index (χ0v) is 20.8. The quantitative estimate of drug-likeness (QED) is 0.451. The SMILES string of the molecule is CCC=CC=CC1(C)OC(C2C(C)OC3=CC(=O)C(C)(O)C4=C3C2OC(C)C4C)=C(C(=O)O)C1=O. The number of carbonyl (C=O) groups is 3. The molecule has 8 heteroatoms. The van der Waals surface area contributed by atoms with Crippen molar-refractivity contribution in [2.75, 3.05) is 0 Å². The third-order valence-electron chi connectivity index (χ3n) is 7.43. The highest BCUT2D eigenvalue weighted by atomic mass is 16.5. The van der Waals surface area contributed by atoms with Gasteiger partial charge in [0.15, 0.2) is 11.4 Å². The van der Waals surface area contributed by atoms with Gasteiger partial charge >= 0.3 is 5.97 Å². The van der Waals surface area contributed by atoms with E-state index in [1.54, 1.807) is 19.1 Å². The molecule has 1 fully saturated rings. The van der Waals surface area contributed by atoms with Gasteiger partial charge in [0.1, 0.15) is 28.8 Å². The molecule has 4 aliphatic rings. The maximum absolute atomic E-state index is 13.3. The van der Waals surface area contributed by atoms with Crippen LogP contribution in [0.4, 0.5) is 0 Å². The molecule has 4 rings (SSSR count). The first-order valence-corrected chi connectivity index (χ1v) is 12.0. The number of aliphatic carboxylic acids is 1.